The minimum Gasteiger partial charge on any atom is -0.476 e. The molecule has 0 heterocycles. The van der Waals surface area contributed by atoms with Gasteiger partial charge in [0.15, 0.2) is 0 Å². The van der Waals surface area contributed by atoms with Gasteiger partial charge in [0.25, 0.3) is 5.91 Å². The average molecular weight is 334 g/mol. The third kappa shape index (κ3) is 4.02. The molecule has 1 fully saturated rings. The first-order valence-electron chi connectivity index (χ1n) is 7.51. The third-order valence-electron chi connectivity index (χ3n) is 3.72. The van der Waals surface area contributed by atoms with Crippen LogP contribution in [0.15, 0.2) is 42.5 Å². The molecule has 1 atom stereocenters. The maximum Gasteiger partial charge on any atom is 0.266 e. The molecule has 1 aliphatic carbocycles. The standard InChI is InChI=1S/C18H17ClFNO2/c1-11-10-13(19)4-9-16(11)23-17(18(22)21-15-7-8-15)12-2-5-14(20)6-3-12/h2-6,9-10,15,17H,7-8H2,1H3,(H,21,22). The maximum absolute atomic E-state index is 13.2. The number of amides is 1. The highest BCUT2D eigenvalue weighted by atomic mass is 35.5. The van der Waals surface area contributed by atoms with Gasteiger partial charge < -0.3 is 10.1 Å². The molecule has 0 radical (unpaired) electrons. The Balaban J connectivity index is 1.87. The van der Waals surface area contributed by atoms with Gasteiger partial charge in [-0.25, -0.2) is 4.39 Å². The Morgan fingerprint density at radius 1 is 1.26 bits per heavy atom. The zero-order valence-corrected chi connectivity index (χ0v) is 13.4. The van der Waals surface area contributed by atoms with Crippen molar-refractivity contribution in [2.45, 2.75) is 31.9 Å². The van der Waals surface area contributed by atoms with E-state index in [1.165, 1.54) is 12.1 Å². The first kappa shape index (κ1) is 15.8. The summed E-state index contributed by atoms with van der Waals surface area (Å²) in [6.45, 7) is 1.86. The molecule has 0 aliphatic heterocycles. The van der Waals surface area contributed by atoms with Crippen LogP contribution in [0, 0.1) is 12.7 Å². The van der Waals surface area contributed by atoms with Crippen molar-refractivity contribution in [3.63, 3.8) is 0 Å². The van der Waals surface area contributed by atoms with Gasteiger partial charge in [-0.1, -0.05) is 23.7 Å². The largest absolute Gasteiger partial charge is 0.476 e. The van der Waals surface area contributed by atoms with Crippen LogP contribution in [0.3, 0.4) is 0 Å². The van der Waals surface area contributed by atoms with Gasteiger partial charge in [0, 0.05) is 16.6 Å². The Bertz CT molecular complexity index is 713. The Hall–Kier alpha value is -2.07. The van der Waals surface area contributed by atoms with Crippen LogP contribution in [0.25, 0.3) is 0 Å². The van der Waals surface area contributed by atoms with Gasteiger partial charge in [0.05, 0.1) is 0 Å². The van der Waals surface area contributed by atoms with Gasteiger partial charge in [0.2, 0.25) is 6.10 Å². The van der Waals surface area contributed by atoms with Gasteiger partial charge >= 0.3 is 0 Å². The van der Waals surface area contributed by atoms with Crippen LogP contribution in [0.1, 0.15) is 30.1 Å². The van der Waals surface area contributed by atoms with Gasteiger partial charge in [-0.15, -0.1) is 0 Å². The monoisotopic (exact) mass is 333 g/mol. The van der Waals surface area contributed by atoms with Crippen LogP contribution in [-0.4, -0.2) is 11.9 Å². The highest BCUT2D eigenvalue weighted by Crippen LogP contribution is 2.29. The Morgan fingerprint density at radius 3 is 2.57 bits per heavy atom. The highest BCUT2D eigenvalue weighted by molar-refractivity contribution is 6.30. The first-order valence-corrected chi connectivity index (χ1v) is 7.89. The molecular weight excluding hydrogens is 317 g/mol. The smallest absolute Gasteiger partial charge is 0.266 e. The van der Waals surface area contributed by atoms with E-state index in [0.717, 1.165) is 18.4 Å². The van der Waals surface area contributed by atoms with Crippen molar-refractivity contribution in [2.24, 2.45) is 0 Å². The molecule has 1 unspecified atom stereocenters. The van der Waals surface area contributed by atoms with Gasteiger partial charge in [-0.05, 0) is 55.7 Å². The van der Waals surface area contributed by atoms with Crippen molar-refractivity contribution in [3.05, 3.63) is 64.4 Å². The second kappa shape index (κ2) is 6.59. The molecule has 2 aromatic rings. The fraction of sp³-hybridized carbons (Fsp3) is 0.278. The molecule has 0 aromatic heterocycles. The number of aryl methyl sites for hydroxylation is 1. The molecule has 3 rings (SSSR count). The van der Waals surface area contributed by atoms with Crippen molar-refractivity contribution >= 4 is 17.5 Å². The third-order valence-corrected chi connectivity index (χ3v) is 3.95. The summed E-state index contributed by atoms with van der Waals surface area (Å²) in [6.07, 6.45) is 1.15. The molecular formula is C18H17ClFNO2. The molecule has 1 aliphatic rings. The molecule has 5 heteroatoms. The van der Waals surface area contributed by atoms with Crippen molar-refractivity contribution < 1.29 is 13.9 Å². The summed E-state index contributed by atoms with van der Waals surface area (Å²) in [5, 5.41) is 3.54. The lowest BCUT2D eigenvalue weighted by Crippen LogP contribution is -2.34. The summed E-state index contributed by atoms with van der Waals surface area (Å²) in [5.74, 6) is 0.0147. The van der Waals surface area contributed by atoms with Crippen LogP contribution in [0.5, 0.6) is 5.75 Å². The van der Waals surface area contributed by atoms with E-state index in [4.69, 9.17) is 16.3 Å². The molecule has 0 spiro atoms. The van der Waals surface area contributed by atoms with Gasteiger partial charge in [-0.2, -0.15) is 0 Å². The number of rotatable bonds is 5. The van der Waals surface area contributed by atoms with Crippen molar-refractivity contribution in [3.8, 4) is 5.75 Å². The minimum atomic E-state index is -0.823. The highest BCUT2D eigenvalue weighted by Gasteiger charge is 2.30. The second-order valence-electron chi connectivity index (χ2n) is 5.74. The summed E-state index contributed by atoms with van der Waals surface area (Å²) in [5.41, 5.74) is 1.45. The summed E-state index contributed by atoms with van der Waals surface area (Å²) in [7, 11) is 0. The Morgan fingerprint density at radius 2 is 1.96 bits per heavy atom. The van der Waals surface area contributed by atoms with E-state index in [9.17, 15) is 9.18 Å². The second-order valence-corrected chi connectivity index (χ2v) is 6.18. The van der Waals surface area contributed by atoms with Crippen LogP contribution in [-0.2, 0) is 4.79 Å². The number of carbonyl (C=O) groups excluding carboxylic acids is 1. The molecule has 0 saturated heterocycles. The number of nitrogens with one attached hydrogen (secondary N) is 1. The number of hydrogen-bond donors (Lipinski definition) is 1. The molecule has 3 nitrogen and oxygen atoms in total. The Labute approximate surface area is 139 Å². The molecule has 1 N–H and O–H groups in total. The number of hydrogen-bond acceptors (Lipinski definition) is 2. The van der Waals surface area contributed by atoms with E-state index in [1.54, 1.807) is 30.3 Å². The zero-order valence-electron chi connectivity index (χ0n) is 12.7. The summed E-state index contributed by atoms with van der Waals surface area (Å²) < 4.78 is 19.1. The van der Waals surface area contributed by atoms with E-state index < -0.39 is 6.10 Å². The number of benzene rings is 2. The van der Waals surface area contributed by atoms with Gasteiger partial charge in [-0.3, -0.25) is 4.79 Å². The summed E-state index contributed by atoms with van der Waals surface area (Å²) >= 11 is 5.95. The predicted molar refractivity (Wildman–Crippen MR) is 87.1 cm³/mol. The lowest BCUT2D eigenvalue weighted by atomic mass is 10.1. The van der Waals surface area contributed by atoms with Gasteiger partial charge in [0.1, 0.15) is 11.6 Å². The Kier molecular flexibility index (Phi) is 4.53. The predicted octanol–water partition coefficient (Wildman–Crippen LogP) is 4.19. The fourth-order valence-corrected chi connectivity index (χ4v) is 2.51. The minimum absolute atomic E-state index is 0.214. The summed E-state index contributed by atoms with van der Waals surface area (Å²) in [4.78, 5) is 12.5. The lowest BCUT2D eigenvalue weighted by molar-refractivity contribution is -0.128. The molecule has 1 amide bonds. The lowest BCUT2D eigenvalue weighted by Gasteiger charge is -2.20. The number of carbonyl (C=O) groups is 1. The average Bonchev–Trinajstić information content (AvgIpc) is 3.31. The van der Waals surface area contributed by atoms with E-state index in [1.807, 2.05) is 6.92 Å². The molecule has 120 valence electrons. The SMILES string of the molecule is Cc1cc(Cl)ccc1OC(C(=O)NC1CC1)c1ccc(F)cc1. The number of ether oxygens (including phenoxy) is 1. The maximum atomic E-state index is 13.2. The first-order chi connectivity index (χ1) is 11.0. The quantitative estimate of drug-likeness (QED) is 0.891. The summed E-state index contributed by atoms with van der Waals surface area (Å²) in [6, 6.07) is 11.2. The van der Waals surface area contributed by atoms with Crippen molar-refractivity contribution in [1.29, 1.82) is 0 Å². The zero-order chi connectivity index (χ0) is 16.4. The molecule has 0 bridgehead atoms. The van der Waals surface area contributed by atoms with E-state index in [2.05, 4.69) is 5.32 Å². The van der Waals surface area contributed by atoms with Crippen LogP contribution >= 0.6 is 11.6 Å². The van der Waals surface area contributed by atoms with E-state index >= 15 is 0 Å². The van der Waals surface area contributed by atoms with Crippen LogP contribution in [0.4, 0.5) is 4.39 Å². The van der Waals surface area contributed by atoms with Crippen molar-refractivity contribution in [2.75, 3.05) is 0 Å². The van der Waals surface area contributed by atoms with E-state index in [-0.39, 0.29) is 17.8 Å². The fourth-order valence-electron chi connectivity index (χ4n) is 2.29. The normalized spacial score (nSPS) is 15.1. The molecule has 2 aromatic carbocycles. The topological polar surface area (TPSA) is 38.3 Å². The van der Waals surface area contributed by atoms with Crippen LogP contribution < -0.4 is 10.1 Å². The van der Waals surface area contributed by atoms with Crippen molar-refractivity contribution in [1.82, 2.24) is 5.32 Å². The van der Waals surface area contributed by atoms with E-state index in [0.29, 0.717) is 16.3 Å². The molecule has 23 heavy (non-hydrogen) atoms. The number of halogens is 2. The molecule has 1 saturated carbocycles. The van der Waals surface area contributed by atoms with Crippen LogP contribution in [0.2, 0.25) is 5.02 Å².